The summed E-state index contributed by atoms with van der Waals surface area (Å²) in [7, 11) is -1.96. The van der Waals surface area contributed by atoms with Crippen molar-refractivity contribution >= 4 is 25.1 Å². The average molecular weight is 290 g/mol. The molecule has 0 atom stereocenters. The maximum absolute atomic E-state index is 11.8. The van der Waals surface area contributed by atoms with Crippen molar-refractivity contribution in [2.24, 2.45) is 0 Å². The zero-order chi connectivity index (χ0) is 14.5. The highest BCUT2D eigenvalue weighted by molar-refractivity contribution is 7.44. The van der Waals surface area contributed by atoms with Gasteiger partial charge in [0.2, 0.25) is 0 Å². The van der Waals surface area contributed by atoms with Crippen molar-refractivity contribution in [3.05, 3.63) is 60.2 Å². The molecule has 5 heteroatoms. The quantitative estimate of drug-likeness (QED) is 0.504. The van der Waals surface area contributed by atoms with E-state index in [4.69, 9.17) is 14.5 Å². The first kappa shape index (κ1) is 14.7. The lowest BCUT2D eigenvalue weighted by Crippen LogP contribution is -2.04. The average Bonchev–Trinajstić information content (AvgIpc) is 2.43. The molecule has 2 aromatic carbocycles. The van der Waals surface area contributed by atoms with Crippen LogP contribution in [0.4, 0.5) is 0 Å². The van der Waals surface area contributed by atoms with Gasteiger partial charge in [0.05, 0.1) is 5.56 Å². The summed E-state index contributed by atoms with van der Waals surface area (Å²) in [4.78, 5) is 29.9. The molecule has 0 heterocycles. The monoisotopic (exact) mass is 290 g/mol. The van der Waals surface area contributed by atoms with Gasteiger partial charge in [-0.25, -0.2) is 4.79 Å². The van der Waals surface area contributed by atoms with Gasteiger partial charge in [-0.15, -0.1) is 0 Å². The Balaban J connectivity index is 2.31. The molecule has 104 valence electrons. The molecule has 0 amide bonds. The van der Waals surface area contributed by atoms with E-state index in [9.17, 15) is 4.79 Å². The first-order valence-corrected chi connectivity index (χ1v) is 7.49. The number of esters is 1. The lowest BCUT2D eigenvalue weighted by Gasteiger charge is -2.07. The Morgan fingerprint density at radius 1 is 1.20 bits per heavy atom. The zero-order valence-electron chi connectivity index (χ0n) is 10.8. The van der Waals surface area contributed by atoms with Crippen LogP contribution in [0.5, 0.6) is 0 Å². The van der Waals surface area contributed by atoms with Crippen molar-refractivity contribution in [3.8, 4) is 0 Å². The smallest absolute Gasteiger partial charge is 0.338 e. The van der Waals surface area contributed by atoms with E-state index in [-0.39, 0.29) is 12.8 Å². The number of carbonyl (C=O) groups excluding carboxylic acids is 1. The van der Waals surface area contributed by atoms with Crippen molar-refractivity contribution in [2.45, 2.75) is 6.16 Å². The number of hydrogen-bond donors (Lipinski definition) is 2. The van der Waals surface area contributed by atoms with E-state index in [0.717, 1.165) is 16.3 Å². The predicted molar refractivity (Wildman–Crippen MR) is 79.5 cm³/mol. The topological polar surface area (TPSA) is 66.8 Å². The molecule has 2 N–H and O–H groups in total. The second-order valence-corrected chi connectivity index (χ2v) is 5.37. The summed E-state index contributed by atoms with van der Waals surface area (Å²) in [6.45, 7) is 3.67. The highest BCUT2D eigenvalue weighted by Crippen LogP contribution is 2.30. The third-order valence-electron chi connectivity index (χ3n) is 2.80. The molecule has 4 nitrogen and oxygen atoms in total. The van der Waals surface area contributed by atoms with E-state index in [1.54, 1.807) is 12.1 Å². The van der Waals surface area contributed by atoms with Crippen molar-refractivity contribution in [2.75, 3.05) is 6.61 Å². The molecule has 0 saturated heterocycles. The van der Waals surface area contributed by atoms with Gasteiger partial charge >= 0.3 is 5.97 Å². The van der Waals surface area contributed by atoms with Crippen LogP contribution in [0, 0.1) is 0 Å². The minimum Gasteiger partial charge on any atom is -0.458 e. The van der Waals surface area contributed by atoms with Gasteiger partial charge in [-0.1, -0.05) is 36.9 Å². The fourth-order valence-electron chi connectivity index (χ4n) is 1.90. The maximum atomic E-state index is 11.8. The molecule has 0 aliphatic heterocycles. The molecule has 0 saturated carbocycles. The Labute approximate surface area is 118 Å². The highest BCUT2D eigenvalue weighted by atomic mass is 31.2. The zero-order valence-corrected chi connectivity index (χ0v) is 11.7. The van der Waals surface area contributed by atoms with Gasteiger partial charge in [0.25, 0.3) is 0 Å². The number of benzene rings is 2. The van der Waals surface area contributed by atoms with Crippen molar-refractivity contribution in [1.29, 1.82) is 0 Å². The lowest BCUT2D eigenvalue weighted by molar-refractivity contribution is 0.0550. The SMILES string of the molecule is C=CCOC(=O)c1ccc2ccc(CP(O)O)cc2c1. The van der Waals surface area contributed by atoms with E-state index < -0.39 is 14.3 Å². The number of ether oxygens (including phenoxy) is 1. The number of fused-ring (bicyclic) bond motifs is 1. The molecule has 0 aliphatic carbocycles. The van der Waals surface area contributed by atoms with Crippen LogP contribution in [0.2, 0.25) is 0 Å². The number of carbonyl (C=O) groups is 1. The molecule has 0 unspecified atom stereocenters. The summed E-state index contributed by atoms with van der Waals surface area (Å²) < 4.78 is 4.99. The van der Waals surface area contributed by atoms with Crippen molar-refractivity contribution in [3.63, 3.8) is 0 Å². The Morgan fingerprint density at radius 2 is 1.95 bits per heavy atom. The summed E-state index contributed by atoms with van der Waals surface area (Å²) in [5.74, 6) is -0.399. The van der Waals surface area contributed by atoms with Gasteiger partial charge in [-0.3, -0.25) is 0 Å². The third-order valence-corrected chi connectivity index (χ3v) is 3.44. The van der Waals surface area contributed by atoms with Crippen LogP contribution < -0.4 is 0 Å². The van der Waals surface area contributed by atoms with Gasteiger partial charge in [0, 0.05) is 6.16 Å². The standard InChI is InChI=1S/C15H15O4P/c1-2-7-19-15(16)13-6-5-12-4-3-11(10-20(17)18)8-14(12)9-13/h2-6,8-9,17-18H,1,7,10H2. The van der Waals surface area contributed by atoms with E-state index in [0.29, 0.717) is 5.56 Å². The summed E-state index contributed by atoms with van der Waals surface area (Å²) in [5.41, 5.74) is 1.29. The summed E-state index contributed by atoms with van der Waals surface area (Å²) in [5, 5.41) is 1.85. The Kier molecular flexibility index (Phi) is 4.85. The van der Waals surface area contributed by atoms with Crippen LogP contribution >= 0.6 is 8.38 Å². The summed E-state index contributed by atoms with van der Waals surface area (Å²) in [6, 6.07) is 10.9. The molecular formula is C15H15O4P. The van der Waals surface area contributed by atoms with Crippen LogP contribution in [0.3, 0.4) is 0 Å². The first-order chi connectivity index (χ1) is 9.60. The molecule has 0 spiro atoms. The van der Waals surface area contributed by atoms with Crippen molar-refractivity contribution in [1.82, 2.24) is 0 Å². The van der Waals surface area contributed by atoms with Gasteiger partial charge in [0.1, 0.15) is 6.61 Å². The van der Waals surface area contributed by atoms with Crippen LogP contribution in [0.25, 0.3) is 10.8 Å². The Bertz CT molecular complexity index is 637. The van der Waals surface area contributed by atoms with E-state index in [2.05, 4.69) is 6.58 Å². The second kappa shape index (κ2) is 6.62. The lowest BCUT2D eigenvalue weighted by atomic mass is 10.0. The summed E-state index contributed by atoms with van der Waals surface area (Å²) >= 11 is 0. The predicted octanol–water partition coefficient (Wildman–Crippen LogP) is 2.98. The molecule has 2 rings (SSSR count). The summed E-state index contributed by atoms with van der Waals surface area (Å²) in [6.07, 6.45) is 1.73. The second-order valence-electron chi connectivity index (χ2n) is 4.31. The molecule has 0 fully saturated rings. The molecule has 2 aromatic rings. The third kappa shape index (κ3) is 3.64. The van der Waals surface area contributed by atoms with Crippen molar-refractivity contribution < 1.29 is 19.3 Å². The molecule has 0 radical (unpaired) electrons. The normalized spacial score (nSPS) is 10.8. The number of rotatable bonds is 5. The number of hydrogen-bond acceptors (Lipinski definition) is 4. The van der Waals surface area contributed by atoms with Crippen LogP contribution in [0.1, 0.15) is 15.9 Å². The van der Waals surface area contributed by atoms with Crippen LogP contribution in [-0.2, 0) is 10.9 Å². The van der Waals surface area contributed by atoms with E-state index >= 15 is 0 Å². The van der Waals surface area contributed by atoms with Gasteiger partial charge in [-0.05, 0) is 28.5 Å². The Morgan fingerprint density at radius 3 is 2.65 bits per heavy atom. The largest absolute Gasteiger partial charge is 0.458 e. The molecule has 0 bridgehead atoms. The van der Waals surface area contributed by atoms with E-state index in [1.807, 2.05) is 24.3 Å². The van der Waals surface area contributed by atoms with Crippen LogP contribution in [-0.4, -0.2) is 22.4 Å². The Hall–Kier alpha value is -1.74. The fourth-order valence-corrected chi connectivity index (χ4v) is 2.43. The van der Waals surface area contributed by atoms with Gasteiger partial charge in [-0.2, -0.15) is 0 Å². The minimum atomic E-state index is -1.96. The minimum absolute atomic E-state index is 0.177. The fraction of sp³-hybridized carbons (Fsp3) is 0.133. The first-order valence-electron chi connectivity index (χ1n) is 6.06. The van der Waals surface area contributed by atoms with E-state index in [1.165, 1.54) is 6.08 Å². The molecule has 20 heavy (non-hydrogen) atoms. The maximum Gasteiger partial charge on any atom is 0.338 e. The molecular weight excluding hydrogens is 275 g/mol. The highest BCUT2D eigenvalue weighted by Gasteiger charge is 2.08. The van der Waals surface area contributed by atoms with Gasteiger partial charge < -0.3 is 14.5 Å². The van der Waals surface area contributed by atoms with Gasteiger partial charge in [0.15, 0.2) is 8.38 Å². The molecule has 0 aromatic heterocycles. The molecule has 0 aliphatic rings. The van der Waals surface area contributed by atoms with Crippen LogP contribution in [0.15, 0.2) is 49.1 Å².